The molecule has 8 heteroatoms. The molecule has 0 aliphatic carbocycles. The van der Waals surface area contributed by atoms with Gasteiger partial charge in [-0.25, -0.2) is 13.9 Å². The summed E-state index contributed by atoms with van der Waals surface area (Å²) < 4.78 is 14.8. The smallest absolute Gasteiger partial charge is 0.316 e. The van der Waals surface area contributed by atoms with Gasteiger partial charge in [-0.3, -0.25) is 4.79 Å². The lowest BCUT2D eigenvalue weighted by Gasteiger charge is -2.06. The number of carbonyl (C=O) groups excluding carboxylic acids is 2. The highest BCUT2D eigenvalue weighted by Crippen LogP contribution is 2.24. The predicted octanol–water partition coefficient (Wildman–Crippen LogP) is 2.58. The summed E-state index contributed by atoms with van der Waals surface area (Å²) in [6, 6.07) is 11.3. The molecule has 7 nitrogen and oxygen atoms in total. The summed E-state index contributed by atoms with van der Waals surface area (Å²) in [5.41, 5.74) is 13.4. The third-order valence-corrected chi connectivity index (χ3v) is 3.83. The number of amides is 3. The first kappa shape index (κ1) is 17.2. The summed E-state index contributed by atoms with van der Waals surface area (Å²) in [5.74, 6) is -1.04. The van der Waals surface area contributed by atoms with Gasteiger partial charge in [-0.2, -0.15) is 5.10 Å². The molecule has 0 saturated carbocycles. The van der Waals surface area contributed by atoms with Gasteiger partial charge in [0, 0.05) is 0 Å². The number of carbonyl (C=O) groups is 2. The summed E-state index contributed by atoms with van der Waals surface area (Å²) in [4.78, 5) is 22.5. The molecule has 5 N–H and O–H groups in total. The molecule has 0 aliphatic heterocycles. The lowest BCUT2D eigenvalue weighted by atomic mass is 10.0. The minimum absolute atomic E-state index is 0.0953. The minimum Gasteiger partial charge on any atom is -0.364 e. The number of hydrogen-bond acceptors (Lipinski definition) is 3. The molecular formula is C18H16FN5O2. The Labute approximate surface area is 148 Å². The maximum atomic E-state index is 13.4. The standard InChI is InChI=1S/C18H16FN5O2/c1-10-8-12(4-7-14(10)19)11-2-5-13(6-3-11)24-9-15(22-18(21)26)16(23-24)17(20)25/h2-9H,1H3,(H2,20,25)(H3,21,22,26). The average Bonchev–Trinajstić information content (AvgIpc) is 3.01. The lowest BCUT2D eigenvalue weighted by molar-refractivity contribution is 0.0996. The number of rotatable bonds is 4. The van der Waals surface area contributed by atoms with Crippen molar-refractivity contribution in [1.29, 1.82) is 0 Å². The highest BCUT2D eigenvalue weighted by molar-refractivity contribution is 6.00. The van der Waals surface area contributed by atoms with Crippen molar-refractivity contribution >= 4 is 17.6 Å². The Morgan fingerprint density at radius 1 is 1.08 bits per heavy atom. The van der Waals surface area contributed by atoms with Crippen LogP contribution in [0.15, 0.2) is 48.7 Å². The number of benzene rings is 2. The van der Waals surface area contributed by atoms with Gasteiger partial charge in [-0.05, 0) is 47.9 Å². The molecule has 1 heterocycles. The van der Waals surface area contributed by atoms with E-state index in [1.165, 1.54) is 16.9 Å². The number of aryl methyl sites for hydroxylation is 1. The molecule has 0 bridgehead atoms. The molecule has 0 fully saturated rings. The second kappa shape index (κ2) is 6.67. The van der Waals surface area contributed by atoms with Crippen LogP contribution >= 0.6 is 0 Å². The molecule has 0 atom stereocenters. The topological polar surface area (TPSA) is 116 Å². The van der Waals surface area contributed by atoms with Gasteiger partial charge in [0.05, 0.1) is 17.6 Å². The Morgan fingerprint density at radius 2 is 1.73 bits per heavy atom. The predicted molar refractivity (Wildman–Crippen MR) is 95.4 cm³/mol. The Bertz CT molecular complexity index is 995. The first-order valence-electron chi connectivity index (χ1n) is 7.68. The van der Waals surface area contributed by atoms with Crippen LogP contribution in [0.3, 0.4) is 0 Å². The third kappa shape index (κ3) is 3.39. The van der Waals surface area contributed by atoms with E-state index in [0.29, 0.717) is 11.3 Å². The second-order valence-corrected chi connectivity index (χ2v) is 5.70. The monoisotopic (exact) mass is 353 g/mol. The van der Waals surface area contributed by atoms with Crippen LogP contribution in [0.5, 0.6) is 0 Å². The molecule has 26 heavy (non-hydrogen) atoms. The van der Waals surface area contributed by atoms with Crippen LogP contribution in [0.25, 0.3) is 16.8 Å². The Balaban J connectivity index is 1.94. The summed E-state index contributed by atoms with van der Waals surface area (Å²) in [7, 11) is 0. The van der Waals surface area contributed by atoms with E-state index in [0.717, 1.165) is 11.1 Å². The van der Waals surface area contributed by atoms with Crippen LogP contribution in [0.4, 0.5) is 14.9 Å². The van der Waals surface area contributed by atoms with E-state index in [9.17, 15) is 14.0 Å². The van der Waals surface area contributed by atoms with Crippen LogP contribution in [-0.2, 0) is 0 Å². The van der Waals surface area contributed by atoms with Gasteiger partial charge in [0.25, 0.3) is 5.91 Å². The van der Waals surface area contributed by atoms with Crippen molar-refractivity contribution in [3.8, 4) is 16.8 Å². The Kier molecular flexibility index (Phi) is 4.40. The molecule has 0 radical (unpaired) electrons. The number of nitrogens with one attached hydrogen (secondary N) is 1. The van der Waals surface area contributed by atoms with Crippen molar-refractivity contribution in [2.75, 3.05) is 5.32 Å². The van der Waals surface area contributed by atoms with Crippen molar-refractivity contribution in [2.45, 2.75) is 6.92 Å². The van der Waals surface area contributed by atoms with Crippen molar-refractivity contribution in [3.05, 3.63) is 65.7 Å². The minimum atomic E-state index is -0.825. The summed E-state index contributed by atoms with van der Waals surface area (Å²) in [6.07, 6.45) is 1.45. The van der Waals surface area contributed by atoms with Gasteiger partial charge in [0.15, 0.2) is 5.69 Å². The molecule has 0 aliphatic rings. The molecule has 1 aromatic heterocycles. The normalized spacial score (nSPS) is 10.5. The largest absolute Gasteiger partial charge is 0.364 e. The molecule has 0 spiro atoms. The van der Waals surface area contributed by atoms with E-state index in [1.807, 2.05) is 12.1 Å². The maximum absolute atomic E-state index is 13.4. The van der Waals surface area contributed by atoms with Crippen LogP contribution in [0.2, 0.25) is 0 Å². The maximum Gasteiger partial charge on any atom is 0.316 e. The van der Waals surface area contributed by atoms with E-state index in [2.05, 4.69) is 10.4 Å². The zero-order chi connectivity index (χ0) is 18.8. The van der Waals surface area contributed by atoms with Crippen molar-refractivity contribution in [3.63, 3.8) is 0 Å². The van der Waals surface area contributed by atoms with Crippen LogP contribution in [0.1, 0.15) is 16.1 Å². The second-order valence-electron chi connectivity index (χ2n) is 5.70. The van der Waals surface area contributed by atoms with E-state index >= 15 is 0 Å². The fourth-order valence-electron chi connectivity index (χ4n) is 2.54. The van der Waals surface area contributed by atoms with Crippen LogP contribution < -0.4 is 16.8 Å². The number of nitrogens with two attached hydrogens (primary N) is 2. The molecule has 132 valence electrons. The molecular weight excluding hydrogens is 337 g/mol. The quantitative estimate of drug-likeness (QED) is 0.669. The number of hydrogen-bond donors (Lipinski definition) is 3. The first-order chi connectivity index (χ1) is 12.3. The van der Waals surface area contributed by atoms with Crippen molar-refractivity contribution in [2.24, 2.45) is 11.5 Å². The number of halogens is 1. The van der Waals surface area contributed by atoms with Gasteiger partial charge < -0.3 is 16.8 Å². The van der Waals surface area contributed by atoms with Crippen LogP contribution in [-0.4, -0.2) is 21.7 Å². The summed E-state index contributed by atoms with van der Waals surface area (Å²) in [5, 5.41) is 6.40. The van der Waals surface area contributed by atoms with E-state index in [1.54, 1.807) is 31.2 Å². The average molecular weight is 353 g/mol. The molecule has 3 rings (SSSR count). The fraction of sp³-hybridized carbons (Fsp3) is 0.0556. The Hall–Kier alpha value is -3.68. The number of anilines is 1. The van der Waals surface area contributed by atoms with Crippen molar-refractivity contribution in [1.82, 2.24) is 9.78 Å². The fourth-order valence-corrected chi connectivity index (χ4v) is 2.54. The summed E-state index contributed by atoms with van der Waals surface area (Å²) >= 11 is 0. The zero-order valence-electron chi connectivity index (χ0n) is 13.9. The number of urea groups is 1. The molecule has 3 aromatic rings. The molecule has 0 unspecified atom stereocenters. The van der Waals surface area contributed by atoms with E-state index in [-0.39, 0.29) is 17.2 Å². The number of aromatic nitrogens is 2. The zero-order valence-corrected chi connectivity index (χ0v) is 13.9. The Morgan fingerprint density at radius 3 is 2.31 bits per heavy atom. The third-order valence-electron chi connectivity index (χ3n) is 3.83. The number of primary amides is 2. The number of nitrogens with zero attached hydrogens (tertiary/aromatic N) is 2. The SMILES string of the molecule is Cc1cc(-c2ccc(-n3cc(NC(N)=O)c(C(N)=O)n3)cc2)ccc1F. The lowest BCUT2D eigenvalue weighted by Crippen LogP contribution is -2.22. The molecule has 0 saturated heterocycles. The van der Waals surface area contributed by atoms with Gasteiger partial charge >= 0.3 is 6.03 Å². The molecule has 2 aromatic carbocycles. The highest BCUT2D eigenvalue weighted by atomic mass is 19.1. The molecule has 3 amide bonds. The van der Waals surface area contributed by atoms with E-state index < -0.39 is 11.9 Å². The first-order valence-corrected chi connectivity index (χ1v) is 7.68. The van der Waals surface area contributed by atoms with Crippen molar-refractivity contribution < 1.29 is 14.0 Å². The van der Waals surface area contributed by atoms with Gasteiger partial charge in [0.2, 0.25) is 0 Å². The van der Waals surface area contributed by atoms with E-state index in [4.69, 9.17) is 11.5 Å². The van der Waals surface area contributed by atoms with Gasteiger partial charge in [-0.1, -0.05) is 18.2 Å². The highest BCUT2D eigenvalue weighted by Gasteiger charge is 2.16. The van der Waals surface area contributed by atoms with Gasteiger partial charge in [-0.15, -0.1) is 0 Å². The van der Waals surface area contributed by atoms with Crippen LogP contribution in [0, 0.1) is 12.7 Å². The summed E-state index contributed by atoms with van der Waals surface area (Å²) in [6.45, 7) is 1.70. The van der Waals surface area contributed by atoms with Gasteiger partial charge in [0.1, 0.15) is 5.82 Å².